The molecular weight excluding hydrogens is 244 g/mol. The van der Waals surface area contributed by atoms with Gasteiger partial charge in [0.25, 0.3) is 0 Å². The first kappa shape index (κ1) is 15.5. The van der Waals surface area contributed by atoms with Gasteiger partial charge in [-0.25, -0.2) is 10.2 Å². The number of benzene rings is 1. The molecule has 0 spiro atoms. The van der Waals surface area contributed by atoms with Gasteiger partial charge < -0.3 is 9.84 Å². The fourth-order valence-electron chi connectivity index (χ4n) is 1.61. The molecule has 3 N–H and O–H groups in total. The van der Waals surface area contributed by atoms with Gasteiger partial charge in [0, 0.05) is 6.54 Å². The van der Waals surface area contributed by atoms with Gasteiger partial charge in [0.1, 0.15) is 6.61 Å². The molecule has 0 radical (unpaired) electrons. The molecular formula is C14H22N2O3. The van der Waals surface area contributed by atoms with E-state index < -0.39 is 6.09 Å². The number of rotatable bonds is 8. The Morgan fingerprint density at radius 2 is 2.05 bits per heavy atom. The van der Waals surface area contributed by atoms with Gasteiger partial charge >= 0.3 is 6.09 Å². The summed E-state index contributed by atoms with van der Waals surface area (Å²) in [6, 6.07) is 9.48. The van der Waals surface area contributed by atoms with Crippen LogP contribution in [0.4, 0.5) is 4.79 Å². The van der Waals surface area contributed by atoms with Crippen LogP contribution in [0.2, 0.25) is 0 Å². The molecule has 5 nitrogen and oxygen atoms in total. The molecule has 0 fully saturated rings. The van der Waals surface area contributed by atoms with Crippen LogP contribution >= 0.6 is 0 Å². The maximum atomic E-state index is 11.3. The van der Waals surface area contributed by atoms with Gasteiger partial charge in [-0.1, -0.05) is 43.7 Å². The van der Waals surface area contributed by atoms with E-state index in [2.05, 4.69) is 10.9 Å². The Labute approximate surface area is 113 Å². The minimum absolute atomic E-state index is 0.243. The third-order valence-electron chi connectivity index (χ3n) is 2.63. The van der Waals surface area contributed by atoms with Crippen LogP contribution in [0.25, 0.3) is 0 Å². The number of ether oxygens (including phenoxy) is 1. The Kier molecular flexibility index (Phi) is 7.62. The monoisotopic (exact) mass is 266 g/mol. The molecule has 1 aromatic rings. The molecule has 0 aliphatic heterocycles. The molecule has 1 atom stereocenters. The molecule has 0 aliphatic carbocycles. The first-order valence-electron chi connectivity index (χ1n) is 6.60. The zero-order chi connectivity index (χ0) is 13.9. The summed E-state index contributed by atoms with van der Waals surface area (Å²) in [6.45, 7) is 2.78. The predicted molar refractivity (Wildman–Crippen MR) is 73.3 cm³/mol. The van der Waals surface area contributed by atoms with Crippen molar-refractivity contribution in [3.05, 3.63) is 35.9 Å². The molecule has 19 heavy (non-hydrogen) atoms. The Balaban J connectivity index is 2.05. The lowest BCUT2D eigenvalue weighted by Gasteiger charge is -2.11. The van der Waals surface area contributed by atoms with E-state index in [1.807, 2.05) is 37.3 Å². The Hall–Kier alpha value is -1.59. The van der Waals surface area contributed by atoms with Crippen LogP contribution in [0.5, 0.6) is 0 Å². The largest absolute Gasteiger partial charge is 0.444 e. The number of hydrogen-bond acceptors (Lipinski definition) is 4. The van der Waals surface area contributed by atoms with Crippen molar-refractivity contribution >= 4 is 6.09 Å². The zero-order valence-corrected chi connectivity index (χ0v) is 11.3. The van der Waals surface area contributed by atoms with E-state index in [-0.39, 0.29) is 12.7 Å². The maximum absolute atomic E-state index is 11.3. The highest BCUT2D eigenvalue weighted by Crippen LogP contribution is 2.00. The summed E-state index contributed by atoms with van der Waals surface area (Å²) in [4.78, 5) is 11.3. The van der Waals surface area contributed by atoms with Gasteiger partial charge in [-0.3, -0.25) is 5.43 Å². The number of carbonyl (C=O) groups excluding carboxylic acids is 1. The van der Waals surface area contributed by atoms with Crippen LogP contribution < -0.4 is 10.9 Å². The Bertz CT molecular complexity index is 357. The van der Waals surface area contributed by atoms with E-state index in [1.165, 1.54) is 0 Å². The smallest absolute Gasteiger partial charge is 0.421 e. The molecule has 0 saturated heterocycles. The molecule has 0 heterocycles. The number of amides is 1. The van der Waals surface area contributed by atoms with E-state index in [1.54, 1.807) is 0 Å². The van der Waals surface area contributed by atoms with E-state index in [0.717, 1.165) is 18.4 Å². The molecule has 106 valence electrons. The van der Waals surface area contributed by atoms with Crippen molar-refractivity contribution in [3.8, 4) is 0 Å². The average Bonchev–Trinajstić information content (AvgIpc) is 2.43. The summed E-state index contributed by atoms with van der Waals surface area (Å²) in [5.41, 5.74) is 6.10. The number of hydrogen-bond donors (Lipinski definition) is 3. The molecule has 1 unspecified atom stereocenters. The van der Waals surface area contributed by atoms with Crippen LogP contribution in [0, 0.1) is 0 Å². The number of nitrogens with one attached hydrogen (secondary N) is 2. The van der Waals surface area contributed by atoms with Crippen molar-refractivity contribution < 1.29 is 14.6 Å². The SMILES string of the molecule is CCCC(O)CCNNC(=O)OCc1ccccc1. The lowest BCUT2D eigenvalue weighted by atomic mass is 10.1. The lowest BCUT2D eigenvalue weighted by molar-refractivity contribution is 0.129. The van der Waals surface area contributed by atoms with Gasteiger partial charge in [-0.15, -0.1) is 0 Å². The zero-order valence-electron chi connectivity index (χ0n) is 11.3. The van der Waals surface area contributed by atoms with Crippen LogP contribution in [0.1, 0.15) is 31.7 Å². The normalized spacial score (nSPS) is 11.9. The quantitative estimate of drug-likeness (QED) is 0.497. The van der Waals surface area contributed by atoms with Crippen molar-refractivity contribution in [2.24, 2.45) is 0 Å². The maximum Gasteiger partial charge on any atom is 0.421 e. The summed E-state index contributed by atoms with van der Waals surface area (Å²) < 4.78 is 5.01. The van der Waals surface area contributed by atoms with E-state index >= 15 is 0 Å². The van der Waals surface area contributed by atoms with E-state index in [4.69, 9.17) is 4.74 Å². The number of aliphatic hydroxyl groups excluding tert-OH is 1. The summed E-state index contributed by atoms with van der Waals surface area (Å²) in [6.07, 6.45) is 1.49. The molecule has 0 saturated carbocycles. The predicted octanol–water partition coefficient (Wildman–Crippen LogP) is 1.97. The molecule has 1 amide bonds. The summed E-state index contributed by atoms with van der Waals surface area (Å²) >= 11 is 0. The minimum Gasteiger partial charge on any atom is -0.444 e. The van der Waals surface area contributed by atoms with Crippen molar-refractivity contribution in [1.29, 1.82) is 0 Å². The summed E-state index contributed by atoms with van der Waals surface area (Å²) in [7, 11) is 0. The second-order valence-electron chi connectivity index (χ2n) is 4.34. The Morgan fingerprint density at radius 1 is 1.32 bits per heavy atom. The summed E-state index contributed by atoms with van der Waals surface area (Å²) in [5.74, 6) is 0. The third-order valence-corrected chi connectivity index (χ3v) is 2.63. The van der Waals surface area contributed by atoms with Gasteiger partial charge in [0.05, 0.1) is 6.10 Å². The highest BCUT2D eigenvalue weighted by Gasteiger charge is 2.04. The van der Waals surface area contributed by atoms with E-state index in [0.29, 0.717) is 13.0 Å². The fourth-order valence-corrected chi connectivity index (χ4v) is 1.61. The second kappa shape index (κ2) is 9.35. The Morgan fingerprint density at radius 3 is 2.74 bits per heavy atom. The fraction of sp³-hybridized carbons (Fsp3) is 0.500. The van der Waals surface area contributed by atoms with Crippen molar-refractivity contribution in [2.75, 3.05) is 6.54 Å². The molecule has 1 rings (SSSR count). The van der Waals surface area contributed by atoms with Gasteiger partial charge in [-0.2, -0.15) is 0 Å². The van der Waals surface area contributed by atoms with Crippen molar-refractivity contribution in [3.63, 3.8) is 0 Å². The number of aliphatic hydroxyl groups is 1. The lowest BCUT2D eigenvalue weighted by Crippen LogP contribution is -2.39. The van der Waals surface area contributed by atoms with Crippen LogP contribution in [-0.4, -0.2) is 23.8 Å². The molecule has 0 bridgehead atoms. The van der Waals surface area contributed by atoms with Gasteiger partial charge in [0.2, 0.25) is 0 Å². The number of carbonyl (C=O) groups is 1. The summed E-state index contributed by atoms with van der Waals surface area (Å²) in [5, 5.41) is 9.48. The first-order valence-corrected chi connectivity index (χ1v) is 6.60. The van der Waals surface area contributed by atoms with Gasteiger partial charge in [-0.05, 0) is 18.4 Å². The average molecular weight is 266 g/mol. The van der Waals surface area contributed by atoms with Crippen LogP contribution in [0.15, 0.2) is 30.3 Å². The van der Waals surface area contributed by atoms with Crippen LogP contribution in [0.3, 0.4) is 0 Å². The van der Waals surface area contributed by atoms with Gasteiger partial charge in [0.15, 0.2) is 0 Å². The third kappa shape index (κ3) is 7.43. The topological polar surface area (TPSA) is 70.6 Å². The standard InChI is InChI=1S/C14H22N2O3/c1-2-6-13(17)9-10-15-16-14(18)19-11-12-7-4-3-5-8-12/h3-5,7-8,13,15,17H,2,6,9-11H2,1H3,(H,16,18). The second-order valence-corrected chi connectivity index (χ2v) is 4.34. The minimum atomic E-state index is -0.520. The van der Waals surface area contributed by atoms with E-state index in [9.17, 15) is 9.90 Å². The highest BCUT2D eigenvalue weighted by atomic mass is 16.6. The molecule has 0 aliphatic rings. The molecule has 1 aromatic carbocycles. The molecule has 5 heteroatoms. The van der Waals surface area contributed by atoms with Crippen molar-refractivity contribution in [2.45, 2.75) is 38.9 Å². The molecule has 0 aromatic heterocycles. The van der Waals surface area contributed by atoms with Crippen molar-refractivity contribution in [1.82, 2.24) is 10.9 Å². The first-order chi connectivity index (χ1) is 9.22. The van der Waals surface area contributed by atoms with Crippen LogP contribution in [-0.2, 0) is 11.3 Å². The highest BCUT2D eigenvalue weighted by molar-refractivity contribution is 5.66. The number of hydrazine groups is 1.